The standard InChI is InChI=1S/C50H41NO12/c52-40-34(37-38(44(56)48(40)60)45(57)50(62)49(61)43(37)55)24-14-18-27(19-15-24)51(31-12-6-4-10-28(31)23-8-2-1-3-9-23)39-46(58)41(53)35(42(54)47(39)59)26-16-20-29-25(22-26)17-21-33-36(29)30-11-5-7-13-32(30)63-33/h1-6,8,10-12,14-15,17-19,21-23,34,40,52-62H,7,9,13,16,20H2. The molecule has 0 saturated heterocycles. The Morgan fingerprint density at radius 2 is 1.37 bits per heavy atom. The first-order valence-corrected chi connectivity index (χ1v) is 20.4. The molecule has 13 nitrogen and oxygen atoms in total. The fourth-order valence-corrected chi connectivity index (χ4v) is 9.68. The van der Waals surface area contributed by atoms with Gasteiger partial charge in [0, 0.05) is 40.5 Å². The zero-order chi connectivity index (χ0) is 44.0. The highest BCUT2D eigenvalue weighted by Crippen LogP contribution is 2.60. The zero-order valence-electron chi connectivity index (χ0n) is 33.4. The summed E-state index contributed by atoms with van der Waals surface area (Å²) in [5.41, 5.74) is 4.42. The summed E-state index contributed by atoms with van der Waals surface area (Å²) in [4.78, 5) is 1.47. The molecule has 6 aromatic rings. The van der Waals surface area contributed by atoms with Crippen molar-refractivity contribution in [3.05, 3.63) is 147 Å². The minimum absolute atomic E-state index is 0.129. The number of benzene rings is 5. The van der Waals surface area contributed by atoms with Crippen molar-refractivity contribution in [2.45, 2.75) is 50.0 Å². The number of nitrogens with zero attached hydrogens (tertiary/aromatic N) is 1. The van der Waals surface area contributed by atoms with E-state index in [-0.39, 0.29) is 34.0 Å². The Kier molecular flexibility index (Phi) is 9.12. The molecular formula is C50H41NO12. The molecule has 63 heavy (non-hydrogen) atoms. The topological polar surface area (TPSA) is 239 Å². The van der Waals surface area contributed by atoms with Crippen LogP contribution in [0, 0.1) is 0 Å². The minimum atomic E-state index is -1.90. The second-order valence-electron chi connectivity index (χ2n) is 16.2. The molecule has 5 aromatic carbocycles. The maximum absolute atomic E-state index is 12.1. The molecule has 3 atom stereocenters. The number of phenolic OH excluding ortho intramolecular Hbond substituents is 8. The summed E-state index contributed by atoms with van der Waals surface area (Å²) in [6.45, 7) is 0. The van der Waals surface area contributed by atoms with Crippen LogP contribution in [0.2, 0.25) is 0 Å². The number of rotatable bonds is 6. The Bertz CT molecular complexity index is 3050. The van der Waals surface area contributed by atoms with Gasteiger partial charge >= 0.3 is 0 Å². The van der Waals surface area contributed by atoms with Crippen molar-refractivity contribution in [2.24, 2.45) is 0 Å². The predicted molar refractivity (Wildman–Crippen MR) is 236 cm³/mol. The molecule has 3 unspecified atom stereocenters. The number of allylic oxidation sites excluding steroid dienone is 6. The van der Waals surface area contributed by atoms with Crippen LogP contribution in [0.1, 0.15) is 81.4 Å². The van der Waals surface area contributed by atoms with Crippen molar-refractivity contribution in [1.29, 1.82) is 0 Å². The molecule has 11 N–H and O–H groups in total. The van der Waals surface area contributed by atoms with Gasteiger partial charge in [0.25, 0.3) is 0 Å². The Morgan fingerprint density at radius 1 is 0.651 bits per heavy atom. The van der Waals surface area contributed by atoms with Crippen molar-refractivity contribution in [3.8, 4) is 46.0 Å². The van der Waals surface area contributed by atoms with E-state index in [4.69, 9.17) is 4.42 Å². The van der Waals surface area contributed by atoms with Crippen LogP contribution < -0.4 is 4.90 Å². The zero-order valence-corrected chi connectivity index (χ0v) is 33.4. The third kappa shape index (κ3) is 5.88. The van der Waals surface area contributed by atoms with Crippen LogP contribution in [0.25, 0.3) is 34.5 Å². The Morgan fingerprint density at radius 3 is 2.10 bits per heavy atom. The van der Waals surface area contributed by atoms with Gasteiger partial charge in [-0.2, -0.15) is 0 Å². The first-order chi connectivity index (χ1) is 30.4. The van der Waals surface area contributed by atoms with E-state index in [9.17, 15) is 56.2 Å². The average molecular weight is 848 g/mol. The van der Waals surface area contributed by atoms with Crippen LogP contribution in [0.4, 0.5) is 17.1 Å². The molecular weight excluding hydrogens is 807 g/mol. The minimum Gasteiger partial charge on any atom is -0.506 e. The van der Waals surface area contributed by atoms with Gasteiger partial charge in [-0.1, -0.05) is 78.9 Å². The average Bonchev–Trinajstić information content (AvgIpc) is 3.70. The van der Waals surface area contributed by atoms with Gasteiger partial charge in [0.15, 0.2) is 46.0 Å². The highest BCUT2D eigenvalue weighted by atomic mass is 16.4. The largest absolute Gasteiger partial charge is 0.506 e. The van der Waals surface area contributed by atoms with E-state index in [1.807, 2.05) is 54.6 Å². The fourth-order valence-electron chi connectivity index (χ4n) is 9.68. The number of aromatic hydroxyl groups is 8. The van der Waals surface area contributed by atoms with Crippen LogP contribution >= 0.6 is 0 Å². The molecule has 0 saturated carbocycles. The van der Waals surface area contributed by atoms with Crippen LogP contribution in [0.3, 0.4) is 0 Å². The number of furan rings is 1. The van der Waals surface area contributed by atoms with E-state index in [1.54, 1.807) is 12.1 Å². The molecule has 4 aliphatic carbocycles. The number of fused-ring (bicyclic) bond motifs is 6. The van der Waals surface area contributed by atoms with Gasteiger partial charge in [0.1, 0.15) is 23.1 Å². The first-order valence-electron chi connectivity index (χ1n) is 20.4. The van der Waals surface area contributed by atoms with Crippen molar-refractivity contribution in [3.63, 3.8) is 0 Å². The van der Waals surface area contributed by atoms with Gasteiger partial charge < -0.3 is 65.5 Å². The number of aliphatic hydroxyl groups is 3. The Hall–Kier alpha value is -7.90. The van der Waals surface area contributed by atoms with Crippen LogP contribution in [-0.2, 0) is 12.8 Å². The highest BCUT2D eigenvalue weighted by molar-refractivity contribution is 6.01. The normalized spacial score (nSPS) is 18.9. The van der Waals surface area contributed by atoms with Gasteiger partial charge in [0.2, 0.25) is 11.5 Å². The first kappa shape index (κ1) is 39.2. The lowest BCUT2D eigenvalue weighted by Gasteiger charge is -2.33. The fraction of sp³-hybridized carbons (Fsp3) is 0.160. The van der Waals surface area contributed by atoms with Crippen molar-refractivity contribution in [2.75, 3.05) is 4.90 Å². The summed E-state index contributed by atoms with van der Waals surface area (Å²) in [6, 6.07) is 17.0. The maximum atomic E-state index is 12.1. The summed E-state index contributed by atoms with van der Waals surface area (Å²) < 4.78 is 6.18. The number of phenols is 8. The van der Waals surface area contributed by atoms with Gasteiger partial charge in [-0.3, -0.25) is 0 Å². The van der Waals surface area contributed by atoms with Gasteiger partial charge in [0.05, 0.1) is 16.8 Å². The smallest absolute Gasteiger partial charge is 0.205 e. The molecule has 0 bridgehead atoms. The van der Waals surface area contributed by atoms with Gasteiger partial charge in [-0.05, 0) is 77.8 Å². The number of hydrogen-bond donors (Lipinski definition) is 11. The molecule has 318 valence electrons. The quantitative estimate of drug-likeness (QED) is 0.0553. The van der Waals surface area contributed by atoms with Crippen molar-refractivity contribution in [1.82, 2.24) is 0 Å². The van der Waals surface area contributed by atoms with Crippen LogP contribution in [0.5, 0.6) is 46.0 Å². The maximum Gasteiger partial charge on any atom is 0.205 e. The molecule has 10 rings (SSSR count). The lowest BCUT2D eigenvalue weighted by Crippen LogP contribution is -2.28. The number of hydrogen-bond acceptors (Lipinski definition) is 13. The molecule has 0 fully saturated rings. The van der Waals surface area contributed by atoms with E-state index in [0.717, 1.165) is 51.8 Å². The van der Waals surface area contributed by atoms with Crippen molar-refractivity contribution >= 4 is 51.5 Å². The third-order valence-corrected chi connectivity index (χ3v) is 12.7. The summed E-state index contributed by atoms with van der Waals surface area (Å²) in [6.07, 6.45) is 15.2. The lowest BCUT2D eigenvalue weighted by molar-refractivity contribution is 0.129. The number of aryl methyl sites for hydroxylation is 2. The van der Waals surface area contributed by atoms with E-state index in [2.05, 4.69) is 12.2 Å². The molecule has 0 aliphatic heterocycles. The monoisotopic (exact) mass is 847 g/mol. The van der Waals surface area contributed by atoms with E-state index < -0.39 is 75.1 Å². The number of aliphatic hydroxyl groups excluding tert-OH is 3. The van der Waals surface area contributed by atoms with E-state index in [1.165, 1.54) is 29.2 Å². The SMILES string of the molecule is OC1=C(O)C(O)C(c2ccc(N(c3ccccc3C3C=CC=CC3)c3c(O)c(O)c(C4=Cc5ccc6oc7c(c6c5CC4)C=CCC7)c(O)c3O)cc2)c2c(O)c(O)c(O)c(O)c21. The molecule has 4 aliphatic rings. The van der Waals surface area contributed by atoms with Crippen molar-refractivity contribution < 1.29 is 60.6 Å². The molecule has 0 amide bonds. The predicted octanol–water partition coefficient (Wildman–Crippen LogP) is 9.88. The summed E-state index contributed by atoms with van der Waals surface area (Å²) in [5.74, 6) is -9.69. The second kappa shape index (κ2) is 14.6. The Labute approximate surface area is 359 Å². The van der Waals surface area contributed by atoms with E-state index >= 15 is 0 Å². The Balaban J connectivity index is 1.12. The molecule has 0 spiro atoms. The molecule has 1 aromatic heterocycles. The summed E-state index contributed by atoms with van der Waals surface area (Å²) >= 11 is 0. The summed E-state index contributed by atoms with van der Waals surface area (Å²) in [7, 11) is 0. The van der Waals surface area contributed by atoms with Crippen LogP contribution in [-0.4, -0.2) is 62.3 Å². The van der Waals surface area contributed by atoms with Gasteiger partial charge in [-0.15, -0.1) is 0 Å². The van der Waals surface area contributed by atoms with Gasteiger partial charge in [-0.25, -0.2) is 0 Å². The molecule has 13 heteroatoms. The molecule has 1 heterocycles. The molecule has 0 radical (unpaired) electrons. The lowest BCUT2D eigenvalue weighted by atomic mass is 9.77. The second-order valence-corrected chi connectivity index (χ2v) is 16.2. The van der Waals surface area contributed by atoms with E-state index in [0.29, 0.717) is 30.5 Å². The highest BCUT2D eigenvalue weighted by Gasteiger charge is 2.42. The number of para-hydroxylation sites is 1. The summed E-state index contributed by atoms with van der Waals surface area (Å²) in [5, 5.41) is 124. The van der Waals surface area contributed by atoms with Crippen LogP contribution in [0.15, 0.2) is 101 Å². The third-order valence-electron chi connectivity index (χ3n) is 12.7. The number of anilines is 3.